The molecule has 6 heteroatoms. The van der Waals surface area contributed by atoms with Gasteiger partial charge in [-0.05, 0) is 56.8 Å². The van der Waals surface area contributed by atoms with Crippen molar-refractivity contribution in [1.29, 1.82) is 0 Å². The predicted octanol–water partition coefficient (Wildman–Crippen LogP) is 3.47. The normalized spacial score (nSPS) is 18.2. The molecule has 0 radical (unpaired) electrons. The van der Waals surface area contributed by atoms with E-state index in [1.165, 1.54) is 51.2 Å². The van der Waals surface area contributed by atoms with Gasteiger partial charge in [0.25, 0.3) is 0 Å². The van der Waals surface area contributed by atoms with E-state index in [9.17, 15) is 9.18 Å². The summed E-state index contributed by atoms with van der Waals surface area (Å²) in [6, 6.07) is 3.73. The molecular weight excluding hydrogens is 309 g/mol. The van der Waals surface area contributed by atoms with Crippen molar-refractivity contribution in [2.45, 2.75) is 32.6 Å². The Hall–Kier alpha value is -1.82. The number of nitrogens with one attached hydrogen (secondary N) is 2. The van der Waals surface area contributed by atoms with E-state index in [4.69, 9.17) is 4.74 Å². The van der Waals surface area contributed by atoms with Gasteiger partial charge in [-0.15, -0.1) is 0 Å². The second-order valence-electron chi connectivity index (χ2n) is 6.48. The van der Waals surface area contributed by atoms with E-state index in [0.717, 1.165) is 25.3 Å². The van der Waals surface area contributed by atoms with Crippen LogP contribution in [0.4, 0.5) is 14.9 Å². The monoisotopic (exact) mass is 337 g/mol. The molecule has 0 bridgehead atoms. The first-order valence-electron chi connectivity index (χ1n) is 8.69. The molecule has 1 aliphatic rings. The maximum Gasteiger partial charge on any atom is 0.319 e. The Bertz CT molecular complexity index is 539. The number of unbranched alkanes of at least 4 members (excludes halogenated alkanes) is 1. The van der Waals surface area contributed by atoms with Crippen molar-refractivity contribution < 1.29 is 13.9 Å². The highest BCUT2D eigenvalue weighted by Gasteiger charge is 2.15. The van der Waals surface area contributed by atoms with Crippen LogP contribution in [-0.4, -0.2) is 44.2 Å². The third kappa shape index (κ3) is 6.00. The van der Waals surface area contributed by atoms with Crippen LogP contribution in [0.3, 0.4) is 0 Å². The van der Waals surface area contributed by atoms with Gasteiger partial charge in [0.15, 0.2) is 0 Å². The predicted molar refractivity (Wildman–Crippen MR) is 94.0 cm³/mol. The lowest BCUT2D eigenvalue weighted by atomic mass is 10.0. The van der Waals surface area contributed by atoms with E-state index in [1.54, 1.807) is 0 Å². The summed E-state index contributed by atoms with van der Waals surface area (Å²) in [5.41, 5.74) is 0.457. The van der Waals surface area contributed by atoms with Crippen molar-refractivity contribution in [3.8, 4) is 5.75 Å². The summed E-state index contributed by atoms with van der Waals surface area (Å²) >= 11 is 0. The molecule has 1 aromatic carbocycles. The van der Waals surface area contributed by atoms with Crippen molar-refractivity contribution in [3.05, 3.63) is 24.0 Å². The van der Waals surface area contributed by atoms with Crippen LogP contribution in [0.1, 0.15) is 32.6 Å². The number of benzene rings is 1. The molecule has 0 aliphatic carbocycles. The third-order valence-corrected chi connectivity index (χ3v) is 4.34. The highest BCUT2D eigenvalue weighted by molar-refractivity contribution is 5.90. The fourth-order valence-electron chi connectivity index (χ4n) is 3.09. The zero-order valence-corrected chi connectivity index (χ0v) is 14.6. The molecule has 2 rings (SSSR count). The van der Waals surface area contributed by atoms with E-state index < -0.39 is 5.82 Å². The molecule has 1 fully saturated rings. The number of rotatable bonds is 7. The quantitative estimate of drug-likeness (QED) is 0.749. The Labute approximate surface area is 143 Å². The van der Waals surface area contributed by atoms with Gasteiger partial charge in [-0.25, -0.2) is 9.18 Å². The van der Waals surface area contributed by atoms with Crippen molar-refractivity contribution in [3.63, 3.8) is 0 Å². The van der Waals surface area contributed by atoms with E-state index >= 15 is 0 Å². The van der Waals surface area contributed by atoms with Crippen LogP contribution >= 0.6 is 0 Å². The molecular formula is C18H28FN3O2. The van der Waals surface area contributed by atoms with Crippen molar-refractivity contribution in [2.24, 2.45) is 5.92 Å². The number of carbonyl (C=O) groups is 1. The van der Waals surface area contributed by atoms with Gasteiger partial charge in [0.05, 0.1) is 12.8 Å². The fourth-order valence-corrected chi connectivity index (χ4v) is 3.09. The summed E-state index contributed by atoms with van der Waals surface area (Å²) in [6.45, 7) is 6.42. The molecule has 24 heavy (non-hydrogen) atoms. The van der Waals surface area contributed by atoms with E-state index in [0.29, 0.717) is 18.0 Å². The molecule has 0 saturated carbocycles. The number of ether oxygens (including phenoxy) is 1. The van der Waals surface area contributed by atoms with Gasteiger partial charge in [0, 0.05) is 19.2 Å². The number of hydrogen-bond acceptors (Lipinski definition) is 3. The third-order valence-electron chi connectivity index (χ3n) is 4.34. The van der Waals surface area contributed by atoms with Crippen LogP contribution in [0.2, 0.25) is 0 Å². The van der Waals surface area contributed by atoms with Crippen molar-refractivity contribution >= 4 is 11.7 Å². The number of nitrogens with zero attached hydrogens (tertiary/aromatic N) is 1. The lowest BCUT2D eigenvalue weighted by molar-refractivity contribution is 0.181. The Morgan fingerprint density at radius 1 is 1.42 bits per heavy atom. The molecule has 0 spiro atoms. The number of halogens is 1. The minimum atomic E-state index is -0.398. The fraction of sp³-hybridized carbons (Fsp3) is 0.611. The van der Waals surface area contributed by atoms with Gasteiger partial charge in [-0.1, -0.05) is 6.92 Å². The highest BCUT2D eigenvalue weighted by atomic mass is 19.1. The van der Waals surface area contributed by atoms with E-state index in [2.05, 4.69) is 22.5 Å². The van der Waals surface area contributed by atoms with Crippen LogP contribution < -0.4 is 15.4 Å². The minimum absolute atomic E-state index is 0.300. The van der Waals surface area contributed by atoms with Crippen molar-refractivity contribution in [2.75, 3.05) is 38.6 Å². The van der Waals surface area contributed by atoms with E-state index in [-0.39, 0.29) is 6.03 Å². The Morgan fingerprint density at radius 2 is 2.25 bits per heavy atom. The van der Waals surface area contributed by atoms with Gasteiger partial charge in [-0.3, -0.25) is 0 Å². The standard InChI is InChI=1S/C18H28FN3O2/c1-14-6-5-11-22(13-14)10-4-3-9-20-18(23)21-16-8-7-15(19)12-17(16)24-2/h7-8,12,14H,3-6,9-11,13H2,1-2H3,(H2,20,21,23). The Balaban J connectivity index is 1.63. The minimum Gasteiger partial charge on any atom is -0.494 e. The maximum atomic E-state index is 13.1. The number of urea groups is 1. The Morgan fingerprint density at radius 3 is 3.00 bits per heavy atom. The summed E-state index contributed by atoms with van der Waals surface area (Å²) in [6.07, 6.45) is 4.65. The smallest absolute Gasteiger partial charge is 0.319 e. The first-order valence-corrected chi connectivity index (χ1v) is 8.69. The van der Waals surface area contributed by atoms with Crippen LogP contribution in [-0.2, 0) is 0 Å². The number of carbonyl (C=O) groups excluding carboxylic acids is 1. The van der Waals surface area contributed by atoms with Gasteiger partial charge in [0.1, 0.15) is 11.6 Å². The van der Waals surface area contributed by atoms with Crippen molar-refractivity contribution in [1.82, 2.24) is 10.2 Å². The zero-order valence-electron chi connectivity index (χ0n) is 14.6. The summed E-state index contributed by atoms with van der Waals surface area (Å²) in [5.74, 6) is 0.711. The molecule has 1 unspecified atom stereocenters. The van der Waals surface area contributed by atoms with Crippen LogP contribution in [0.5, 0.6) is 5.75 Å². The lowest BCUT2D eigenvalue weighted by Crippen LogP contribution is -2.35. The van der Waals surface area contributed by atoms with Gasteiger partial charge < -0.3 is 20.3 Å². The molecule has 2 amide bonds. The summed E-state index contributed by atoms with van der Waals surface area (Å²) < 4.78 is 18.2. The number of anilines is 1. The number of piperidine rings is 1. The number of likely N-dealkylation sites (tertiary alicyclic amines) is 1. The number of amides is 2. The first kappa shape index (κ1) is 18.5. The largest absolute Gasteiger partial charge is 0.494 e. The summed E-state index contributed by atoms with van der Waals surface area (Å²) in [7, 11) is 1.44. The summed E-state index contributed by atoms with van der Waals surface area (Å²) in [4.78, 5) is 14.4. The molecule has 0 aromatic heterocycles. The molecule has 1 heterocycles. The van der Waals surface area contributed by atoms with Crippen LogP contribution in [0, 0.1) is 11.7 Å². The van der Waals surface area contributed by atoms with Gasteiger partial charge >= 0.3 is 6.03 Å². The molecule has 134 valence electrons. The number of hydrogen-bond donors (Lipinski definition) is 2. The highest BCUT2D eigenvalue weighted by Crippen LogP contribution is 2.24. The average Bonchev–Trinajstić information content (AvgIpc) is 2.56. The van der Waals surface area contributed by atoms with E-state index in [1.807, 2.05) is 0 Å². The molecule has 1 aliphatic heterocycles. The maximum absolute atomic E-state index is 13.1. The average molecular weight is 337 g/mol. The topological polar surface area (TPSA) is 53.6 Å². The second-order valence-corrected chi connectivity index (χ2v) is 6.48. The summed E-state index contributed by atoms with van der Waals surface area (Å²) in [5, 5.41) is 5.51. The molecule has 2 N–H and O–H groups in total. The van der Waals surface area contributed by atoms with Gasteiger partial charge in [-0.2, -0.15) is 0 Å². The number of methoxy groups -OCH3 is 1. The zero-order chi connectivity index (χ0) is 17.4. The molecule has 1 saturated heterocycles. The first-order chi connectivity index (χ1) is 11.6. The van der Waals surface area contributed by atoms with Crippen LogP contribution in [0.25, 0.3) is 0 Å². The lowest BCUT2D eigenvalue weighted by Gasteiger charge is -2.30. The Kier molecular flexibility index (Phi) is 7.31. The molecule has 5 nitrogen and oxygen atoms in total. The van der Waals surface area contributed by atoms with Gasteiger partial charge in [0.2, 0.25) is 0 Å². The van der Waals surface area contributed by atoms with Crippen LogP contribution in [0.15, 0.2) is 18.2 Å². The molecule has 1 aromatic rings. The SMILES string of the molecule is COc1cc(F)ccc1NC(=O)NCCCCN1CCCC(C)C1. The second kappa shape index (κ2) is 9.47. The molecule has 1 atom stereocenters.